The van der Waals surface area contributed by atoms with Gasteiger partial charge < -0.3 is 15.7 Å². The maximum atomic E-state index is 12.5. The summed E-state index contributed by atoms with van der Waals surface area (Å²) in [6, 6.07) is 6.57. The summed E-state index contributed by atoms with van der Waals surface area (Å²) in [5.41, 5.74) is -0.125. The summed E-state index contributed by atoms with van der Waals surface area (Å²) in [4.78, 5) is 36.0. The number of carbonyl (C=O) groups is 3. The van der Waals surface area contributed by atoms with Gasteiger partial charge in [0.25, 0.3) is 5.91 Å². The monoisotopic (exact) mass is 344 g/mol. The molecule has 6 nitrogen and oxygen atoms in total. The van der Waals surface area contributed by atoms with Crippen LogP contribution in [0.5, 0.6) is 0 Å². The van der Waals surface area contributed by atoms with Crippen molar-refractivity contribution in [3.05, 3.63) is 29.8 Å². The highest BCUT2D eigenvalue weighted by atomic mass is 16.4. The van der Waals surface area contributed by atoms with Crippen molar-refractivity contribution in [2.24, 2.45) is 11.8 Å². The van der Waals surface area contributed by atoms with Crippen molar-refractivity contribution < 1.29 is 19.5 Å². The molecule has 2 atom stereocenters. The lowest BCUT2D eigenvalue weighted by molar-refractivity contribution is -0.146. The number of anilines is 1. The first kappa shape index (κ1) is 17.5. The first-order valence-corrected chi connectivity index (χ1v) is 8.88. The van der Waals surface area contributed by atoms with E-state index in [9.17, 15) is 19.5 Å². The third-order valence-electron chi connectivity index (χ3n) is 5.33. The van der Waals surface area contributed by atoms with Gasteiger partial charge in [0.05, 0.1) is 0 Å². The van der Waals surface area contributed by atoms with E-state index in [1.54, 1.807) is 24.3 Å². The van der Waals surface area contributed by atoms with Crippen LogP contribution in [0, 0.1) is 11.8 Å². The van der Waals surface area contributed by atoms with Gasteiger partial charge in [0, 0.05) is 17.2 Å². The van der Waals surface area contributed by atoms with Crippen LogP contribution >= 0.6 is 0 Å². The number of hydrogen-bond acceptors (Lipinski definition) is 3. The quantitative estimate of drug-likeness (QED) is 0.765. The molecule has 3 N–H and O–H groups in total. The molecule has 0 aliphatic heterocycles. The smallest absolute Gasteiger partial charge is 0.329 e. The van der Waals surface area contributed by atoms with Crippen LogP contribution in [0.4, 0.5) is 5.69 Å². The minimum Gasteiger partial charge on any atom is -0.480 e. The molecule has 0 heterocycles. The van der Waals surface area contributed by atoms with E-state index >= 15 is 0 Å². The fourth-order valence-electron chi connectivity index (χ4n) is 3.46. The average Bonchev–Trinajstić information content (AvgIpc) is 3.33. The average molecular weight is 344 g/mol. The predicted molar refractivity (Wildman–Crippen MR) is 93.3 cm³/mol. The molecule has 0 radical (unpaired) electrons. The topological polar surface area (TPSA) is 95.5 Å². The highest BCUT2D eigenvalue weighted by molar-refractivity contribution is 5.99. The van der Waals surface area contributed by atoms with Crippen LogP contribution in [0.15, 0.2) is 24.3 Å². The number of benzene rings is 1. The maximum Gasteiger partial charge on any atom is 0.329 e. The van der Waals surface area contributed by atoms with E-state index in [0.717, 1.165) is 25.7 Å². The Hall–Kier alpha value is -2.37. The minimum absolute atomic E-state index is 0.0109. The van der Waals surface area contributed by atoms with Crippen molar-refractivity contribution in [3.63, 3.8) is 0 Å². The second-order valence-electron chi connectivity index (χ2n) is 7.29. The Labute approximate surface area is 147 Å². The van der Waals surface area contributed by atoms with Gasteiger partial charge >= 0.3 is 5.97 Å². The molecule has 1 aromatic rings. The minimum atomic E-state index is -1.16. The van der Waals surface area contributed by atoms with E-state index in [1.807, 2.05) is 6.92 Å². The summed E-state index contributed by atoms with van der Waals surface area (Å²) in [7, 11) is 0. The van der Waals surface area contributed by atoms with Crippen molar-refractivity contribution in [3.8, 4) is 0 Å². The van der Waals surface area contributed by atoms with Gasteiger partial charge in [-0.15, -0.1) is 0 Å². The molecule has 3 rings (SSSR count). The maximum absolute atomic E-state index is 12.5. The first-order valence-electron chi connectivity index (χ1n) is 8.88. The molecule has 2 saturated carbocycles. The molecule has 0 aromatic heterocycles. The third kappa shape index (κ3) is 3.83. The lowest BCUT2D eigenvalue weighted by atomic mass is 9.81. The molecule has 1 aromatic carbocycles. The Kier molecular flexibility index (Phi) is 4.79. The van der Waals surface area contributed by atoms with E-state index in [1.165, 1.54) is 0 Å². The molecule has 2 fully saturated rings. The Morgan fingerprint density at radius 3 is 2.20 bits per heavy atom. The van der Waals surface area contributed by atoms with Crippen molar-refractivity contribution in [2.45, 2.75) is 51.0 Å². The molecule has 0 unspecified atom stereocenters. The third-order valence-corrected chi connectivity index (χ3v) is 5.33. The standard InChI is InChI=1S/C19H24N2O4/c1-12-11-15(12)17(23)20-14-7-5-13(6-8-14)16(22)21-19(18(24)25)9-3-2-4-10-19/h5-8,12,15H,2-4,9-11H2,1H3,(H,20,23)(H,21,22)(H,24,25)/t12-,15+/m1/s1. The van der Waals surface area contributed by atoms with Gasteiger partial charge in [-0.2, -0.15) is 0 Å². The van der Waals surface area contributed by atoms with Gasteiger partial charge in [-0.1, -0.05) is 26.2 Å². The zero-order valence-electron chi connectivity index (χ0n) is 14.4. The van der Waals surface area contributed by atoms with Crippen LogP contribution in [0.3, 0.4) is 0 Å². The molecule has 2 aliphatic rings. The SMILES string of the molecule is C[C@@H]1C[C@@H]1C(=O)Nc1ccc(C(=O)NC2(C(=O)O)CCCCC2)cc1. The van der Waals surface area contributed by atoms with Crippen molar-refractivity contribution in [1.29, 1.82) is 0 Å². The first-order chi connectivity index (χ1) is 11.9. The molecule has 0 saturated heterocycles. The van der Waals surface area contributed by atoms with Gasteiger partial charge in [0.15, 0.2) is 0 Å². The van der Waals surface area contributed by atoms with E-state index < -0.39 is 17.4 Å². The lowest BCUT2D eigenvalue weighted by Crippen LogP contribution is -2.55. The Morgan fingerprint density at radius 2 is 1.68 bits per heavy atom. The number of carbonyl (C=O) groups excluding carboxylic acids is 2. The normalized spacial score (nSPS) is 24.2. The number of aliphatic carboxylic acids is 1. The van der Waals surface area contributed by atoms with Gasteiger partial charge in [-0.05, 0) is 49.4 Å². The fourth-order valence-corrected chi connectivity index (χ4v) is 3.46. The number of carboxylic acid groups (broad SMARTS) is 1. The van der Waals surface area contributed by atoms with Crippen LogP contribution < -0.4 is 10.6 Å². The summed E-state index contributed by atoms with van der Waals surface area (Å²) >= 11 is 0. The highest BCUT2D eigenvalue weighted by Gasteiger charge is 2.41. The number of amides is 2. The second-order valence-corrected chi connectivity index (χ2v) is 7.29. The fraction of sp³-hybridized carbons (Fsp3) is 0.526. The predicted octanol–water partition coefficient (Wildman–Crippen LogP) is 2.80. The molecular formula is C19H24N2O4. The van der Waals surface area contributed by atoms with Gasteiger partial charge in [-0.25, -0.2) is 4.79 Å². The number of rotatable bonds is 5. The second kappa shape index (κ2) is 6.86. The Balaban J connectivity index is 1.64. The summed E-state index contributed by atoms with van der Waals surface area (Å²) < 4.78 is 0. The number of nitrogens with one attached hydrogen (secondary N) is 2. The largest absolute Gasteiger partial charge is 0.480 e. The summed E-state index contributed by atoms with van der Waals surface area (Å²) in [5.74, 6) is -0.824. The van der Waals surface area contributed by atoms with E-state index in [0.29, 0.717) is 30.0 Å². The van der Waals surface area contributed by atoms with Crippen molar-refractivity contribution >= 4 is 23.5 Å². The van der Waals surface area contributed by atoms with Crippen LogP contribution in [0.2, 0.25) is 0 Å². The van der Waals surface area contributed by atoms with Gasteiger partial charge in [-0.3, -0.25) is 9.59 Å². The zero-order chi connectivity index (χ0) is 18.0. The number of hydrogen-bond donors (Lipinski definition) is 3. The van der Waals surface area contributed by atoms with E-state index in [4.69, 9.17) is 0 Å². The van der Waals surface area contributed by atoms with Gasteiger partial charge in [0.2, 0.25) is 5.91 Å². The number of carboxylic acids is 1. The zero-order valence-corrected chi connectivity index (χ0v) is 14.4. The van der Waals surface area contributed by atoms with E-state index in [-0.39, 0.29) is 11.8 Å². The summed E-state index contributed by atoms with van der Waals surface area (Å²) in [6.45, 7) is 2.04. The molecule has 2 aliphatic carbocycles. The summed E-state index contributed by atoms with van der Waals surface area (Å²) in [6.07, 6.45) is 4.44. The molecule has 6 heteroatoms. The Morgan fingerprint density at radius 1 is 1.08 bits per heavy atom. The lowest BCUT2D eigenvalue weighted by Gasteiger charge is -2.34. The molecular weight excluding hydrogens is 320 g/mol. The van der Waals surface area contributed by atoms with E-state index in [2.05, 4.69) is 10.6 Å². The van der Waals surface area contributed by atoms with Crippen molar-refractivity contribution in [1.82, 2.24) is 5.32 Å². The highest BCUT2D eigenvalue weighted by Crippen LogP contribution is 2.38. The van der Waals surface area contributed by atoms with Crippen LogP contribution in [0.1, 0.15) is 55.8 Å². The Bertz CT molecular complexity index is 677. The molecule has 134 valence electrons. The molecule has 0 spiro atoms. The molecule has 25 heavy (non-hydrogen) atoms. The van der Waals surface area contributed by atoms with Crippen LogP contribution in [-0.4, -0.2) is 28.4 Å². The van der Waals surface area contributed by atoms with Gasteiger partial charge in [0.1, 0.15) is 5.54 Å². The van der Waals surface area contributed by atoms with Crippen LogP contribution in [0.25, 0.3) is 0 Å². The van der Waals surface area contributed by atoms with Crippen molar-refractivity contribution in [2.75, 3.05) is 5.32 Å². The summed E-state index contributed by atoms with van der Waals surface area (Å²) in [5, 5.41) is 15.1. The molecule has 0 bridgehead atoms. The molecule has 2 amide bonds. The van der Waals surface area contributed by atoms with Crippen LogP contribution in [-0.2, 0) is 9.59 Å².